The van der Waals surface area contributed by atoms with Gasteiger partial charge in [0.05, 0.1) is 17.4 Å². The summed E-state index contributed by atoms with van der Waals surface area (Å²) in [4.78, 5) is 21.3. The van der Waals surface area contributed by atoms with Crippen LogP contribution in [0.2, 0.25) is 0 Å². The van der Waals surface area contributed by atoms with Crippen molar-refractivity contribution < 1.29 is 9.72 Å². The number of nitrogens with zero attached hydrogens (tertiary/aromatic N) is 3. The van der Waals surface area contributed by atoms with E-state index in [0.717, 1.165) is 0 Å². The predicted molar refractivity (Wildman–Crippen MR) is 56.7 cm³/mol. The molecule has 0 saturated carbocycles. The summed E-state index contributed by atoms with van der Waals surface area (Å²) < 4.78 is 1.40. The van der Waals surface area contributed by atoms with E-state index >= 15 is 0 Å². The van der Waals surface area contributed by atoms with E-state index in [4.69, 9.17) is 0 Å². The molecule has 1 rings (SSSR count). The van der Waals surface area contributed by atoms with E-state index in [1.54, 1.807) is 6.92 Å². The maximum absolute atomic E-state index is 11.4. The average Bonchev–Trinajstić information content (AvgIpc) is 2.66. The third-order valence-corrected chi connectivity index (χ3v) is 2.09. The first-order valence-electron chi connectivity index (χ1n) is 4.99. The van der Waals surface area contributed by atoms with E-state index < -0.39 is 4.92 Å². The first-order valence-corrected chi connectivity index (χ1v) is 4.99. The Morgan fingerprint density at radius 1 is 1.75 bits per heavy atom. The Hall–Kier alpha value is -1.92. The number of amides is 1. The molecule has 0 spiro atoms. The molecule has 0 bridgehead atoms. The summed E-state index contributed by atoms with van der Waals surface area (Å²) >= 11 is 0. The molecular formula is C9H14N4O3. The van der Waals surface area contributed by atoms with Crippen molar-refractivity contribution in [3.8, 4) is 0 Å². The predicted octanol–water partition coefficient (Wildman–Crippen LogP) is 0.563. The molecule has 0 aliphatic carbocycles. The molecule has 0 aliphatic heterocycles. The van der Waals surface area contributed by atoms with Crippen LogP contribution in [0.3, 0.4) is 0 Å². The standard InChI is InChI=1S/C9H14N4O3/c1-3-10-9(14)7(2)5-12-6-8(4-11-12)13(15)16/h4,6-7H,3,5H2,1-2H3,(H,10,14). The van der Waals surface area contributed by atoms with Crippen LogP contribution in [0.15, 0.2) is 12.4 Å². The van der Waals surface area contributed by atoms with Crippen molar-refractivity contribution in [2.24, 2.45) is 5.92 Å². The Labute approximate surface area is 92.6 Å². The number of carbonyl (C=O) groups is 1. The number of nitro groups is 1. The molecule has 1 atom stereocenters. The van der Waals surface area contributed by atoms with Crippen molar-refractivity contribution in [2.45, 2.75) is 20.4 Å². The average molecular weight is 226 g/mol. The lowest BCUT2D eigenvalue weighted by atomic mass is 10.1. The van der Waals surface area contributed by atoms with Crippen molar-refractivity contribution >= 4 is 11.6 Å². The number of hydrogen-bond donors (Lipinski definition) is 1. The second kappa shape index (κ2) is 5.24. The van der Waals surface area contributed by atoms with Gasteiger partial charge < -0.3 is 5.32 Å². The first kappa shape index (κ1) is 12.2. The van der Waals surface area contributed by atoms with Crippen LogP contribution in [0, 0.1) is 16.0 Å². The van der Waals surface area contributed by atoms with Gasteiger partial charge in [0.15, 0.2) is 0 Å². The molecule has 7 heteroatoms. The molecule has 0 radical (unpaired) electrons. The second-order valence-corrected chi connectivity index (χ2v) is 3.47. The molecule has 1 N–H and O–H groups in total. The molecular weight excluding hydrogens is 212 g/mol. The highest BCUT2D eigenvalue weighted by Gasteiger charge is 2.15. The maximum Gasteiger partial charge on any atom is 0.306 e. The van der Waals surface area contributed by atoms with Crippen LogP contribution in [-0.2, 0) is 11.3 Å². The summed E-state index contributed by atoms with van der Waals surface area (Å²) in [6.45, 7) is 4.49. The molecule has 88 valence electrons. The number of nitrogens with one attached hydrogen (secondary N) is 1. The fourth-order valence-corrected chi connectivity index (χ4v) is 1.26. The highest BCUT2D eigenvalue weighted by molar-refractivity contribution is 5.78. The van der Waals surface area contributed by atoms with Crippen LogP contribution in [0.5, 0.6) is 0 Å². The van der Waals surface area contributed by atoms with Crippen LogP contribution in [0.25, 0.3) is 0 Å². The summed E-state index contributed by atoms with van der Waals surface area (Å²) in [5.41, 5.74) is -0.0666. The minimum atomic E-state index is -0.514. The highest BCUT2D eigenvalue weighted by atomic mass is 16.6. The van der Waals surface area contributed by atoms with Crippen LogP contribution < -0.4 is 5.32 Å². The van der Waals surface area contributed by atoms with Crippen molar-refractivity contribution in [1.29, 1.82) is 0 Å². The molecule has 1 aromatic rings. The van der Waals surface area contributed by atoms with Gasteiger partial charge in [0.2, 0.25) is 5.91 Å². The molecule has 1 aromatic heterocycles. The van der Waals surface area contributed by atoms with Gasteiger partial charge in [-0.05, 0) is 6.92 Å². The lowest BCUT2D eigenvalue weighted by Crippen LogP contribution is -2.31. The van der Waals surface area contributed by atoms with E-state index in [-0.39, 0.29) is 17.5 Å². The molecule has 16 heavy (non-hydrogen) atoms. The Morgan fingerprint density at radius 3 is 2.94 bits per heavy atom. The zero-order chi connectivity index (χ0) is 12.1. The fourth-order valence-electron chi connectivity index (χ4n) is 1.26. The molecule has 7 nitrogen and oxygen atoms in total. The SMILES string of the molecule is CCNC(=O)C(C)Cn1cc([N+](=O)[O-])cn1. The third-order valence-electron chi connectivity index (χ3n) is 2.09. The molecule has 0 fully saturated rings. The van der Waals surface area contributed by atoms with Crippen LogP contribution in [-0.4, -0.2) is 27.2 Å². The maximum atomic E-state index is 11.4. The largest absolute Gasteiger partial charge is 0.356 e. The first-order chi connectivity index (χ1) is 7.54. The Kier molecular flexibility index (Phi) is 3.98. The molecule has 1 amide bonds. The molecule has 0 aliphatic rings. The summed E-state index contributed by atoms with van der Waals surface area (Å²) in [6.07, 6.45) is 2.49. The minimum Gasteiger partial charge on any atom is -0.356 e. The Morgan fingerprint density at radius 2 is 2.44 bits per heavy atom. The van der Waals surface area contributed by atoms with Crippen molar-refractivity contribution in [2.75, 3.05) is 6.54 Å². The van der Waals surface area contributed by atoms with Crippen LogP contribution >= 0.6 is 0 Å². The van der Waals surface area contributed by atoms with Crippen LogP contribution in [0.1, 0.15) is 13.8 Å². The smallest absolute Gasteiger partial charge is 0.306 e. The van der Waals surface area contributed by atoms with E-state index in [1.165, 1.54) is 17.1 Å². The lowest BCUT2D eigenvalue weighted by Gasteiger charge is -2.10. The normalized spacial score (nSPS) is 12.1. The van der Waals surface area contributed by atoms with Gasteiger partial charge in [-0.2, -0.15) is 5.10 Å². The third kappa shape index (κ3) is 3.04. The Balaban J connectivity index is 2.59. The Bertz CT molecular complexity index is 388. The minimum absolute atomic E-state index is 0.0666. The van der Waals surface area contributed by atoms with Gasteiger partial charge in [-0.3, -0.25) is 19.6 Å². The second-order valence-electron chi connectivity index (χ2n) is 3.47. The monoisotopic (exact) mass is 226 g/mol. The van der Waals surface area contributed by atoms with Gasteiger partial charge in [-0.15, -0.1) is 0 Å². The quantitative estimate of drug-likeness (QED) is 0.586. The van der Waals surface area contributed by atoms with Gasteiger partial charge in [0, 0.05) is 6.54 Å². The van der Waals surface area contributed by atoms with E-state index in [2.05, 4.69) is 10.4 Å². The van der Waals surface area contributed by atoms with E-state index in [0.29, 0.717) is 13.1 Å². The van der Waals surface area contributed by atoms with Gasteiger partial charge in [0.25, 0.3) is 0 Å². The number of hydrogen-bond acceptors (Lipinski definition) is 4. The number of aromatic nitrogens is 2. The van der Waals surface area contributed by atoms with Gasteiger partial charge >= 0.3 is 5.69 Å². The topological polar surface area (TPSA) is 90.1 Å². The number of rotatable bonds is 5. The van der Waals surface area contributed by atoms with Crippen molar-refractivity contribution in [3.63, 3.8) is 0 Å². The summed E-state index contributed by atoms with van der Waals surface area (Å²) in [6, 6.07) is 0. The van der Waals surface area contributed by atoms with E-state index in [1.807, 2.05) is 6.92 Å². The van der Waals surface area contributed by atoms with Gasteiger partial charge in [-0.25, -0.2) is 0 Å². The number of carbonyl (C=O) groups excluding carboxylic acids is 1. The summed E-state index contributed by atoms with van der Waals surface area (Å²) in [7, 11) is 0. The zero-order valence-electron chi connectivity index (χ0n) is 9.21. The molecule has 1 heterocycles. The van der Waals surface area contributed by atoms with Crippen molar-refractivity contribution in [1.82, 2.24) is 15.1 Å². The molecule has 1 unspecified atom stereocenters. The lowest BCUT2D eigenvalue weighted by molar-refractivity contribution is -0.385. The summed E-state index contributed by atoms with van der Waals surface area (Å²) in [5.74, 6) is -0.347. The highest BCUT2D eigenvalue weighted by Crippen LogP contribution is 2.09. The fraction of sp³-hybridized carbons (Fsp3) is 0.556. The van der Waals surface area contributed by atoms with Crippen LogP contribution in [0.4, 0.5) is 5.69 Å². The zero-order valence-corrected chi connectivity index (χ0v) is 9.21. The van der Waals surface area contributed by atoms with E-state index in [9.17, 15) is 14.9 Å². The molecule has 0 saturated heterocycles. The molecule has 0 aromatic carbocycles. The summed E-state index contributed by atoms with van der Waals surface area (Å²) in [5, 5.41) is 16.9. The van der Waals surface area contributed by atoms with Gasteiger partial charge in [0.1, 0.15) is 12.4 Å². The van der Waals surface area contributed by atoms with Gasteiger partial charge in [-0.1, -0.05) is 6.92 Å². The van der Waals surface area contributed by atoms with Crippen molar-refractivity contribution in [3.05, 3.63) is 22.5 Å².